The average molecular weight is 504 g/mol. The van der Waals surface area contributed by atoms with E-state index in [1.54, 1.807) is 6.92 Å². The van der Waals surface area contributed by atoms with E-state index in [-0.39, 0.29) is 16.6 Å². The maximum absolute atomic E-state index is 12.5. The quantitative estimate of drug-likeness (QED) is 0.195. The van der Waals surface area contributed by atoms with Gasteiger partial charge in [-0.15, -0.1) is 0 Å². The Morgan fingerprint density at radius 2 is 1.09 bits per heavy atom. The second-order valence-electron chi connectivity index (χ2n) is 8.67. The normalized spacial score (nSPS) is 12.1. The van der Waals surface area contributed by atoms with Gasteiger partial charge in [-0.1, -0.05) is 89.2 Å². The lowest BCUT2D eigenvalue weighted by Gasteiger charge is -2.08. The maximum atomic E-state index is 12.5. The van der Waals surface area contributed by atoms with Gasteiger partial charge >= 0.3 is 0 Å². The summed E-state index contributed by atoms with van der Waals surface area (Å²) in [5.41, 5.74) is 0. The molecule has 0 aliphatic heterocycles. The highest BCUT2D eigenvalue weighted by molar-refractivity contribution is 7.92. The van der Waals surface area contributed by atoms with Gasteiger partial charge in [-0.3, -0.25) is 9.35 Å². The van der Waals surface area contributed by atoms with Gasteiger partial charge < -0.3 is 5.32 Å². The summed E-state index contributed by atoms with van der Waals surface area (Å²) < 4.78 is 57.1. The minimum atomic E-state index is -4.57. The third-order valence-electron chi connectivity index (χ3n) is 5.68. The summed E-state index contributed by atoms with van der Waals surface area (Å²) in [5, 5.41) is 2.82. The van der Waals surface area contributed by atoms with Crippen molar-refractivity contribution in [2.75, 3.05) is 12.3 Å². The number of unbranched alkanes of at least 4 members (excludes halogenated alkanes) is 13. The van der Waals surface area contributed by atoms with Crippen molar-refractivity contribution < 1.29 is 26.2 Å². The van der Waals surface area contributed by atoms with E-state index in [1.165, 1.54) is 69.6 Å². The second kappa shape index (κ2) is 16.2. The van der Waals surface area contributed by atoms with Crippen molar-refractivity contribution in [1.82, 2.24) is 5.32 Å². The molecule has 0 spiro atoms. The molecule has 1 aromatic rings. The molecule has 1 rings (SSSR count). The van der Waals surface area contributed by atoms with Crippen LogP contribution in [0.15, 0.2) is 34.1 Å². The zero-order chi connectivity index (χ0) is 24.6. The van der Waals surface area contributed by atoms with E-state index in [9.17, 15) is 26.2 Å². The van der Waals surface area contributed by atoms with Crippen LogP contribution in [0.4, 0.5) is 0 Å². The number of rotatable bonds is 19. The number of carbonyl (C=O) groups is 1. The SMILES string of the molecule is CC(=O)NCCCCCCCCCCCCCCCCS(=O)(=O)c1ccccc1S(=O)(=O)O. The number of amides is 1. The Hall–Kier alpha value is -1.45. The molecule has 1 amide bonds. The van der Waals surface area contributed by atoms with Crippen LogP contribution in [0.25, 0.3) is 0 Å². The maximum Gasteiger partial charge on any atom is 0.295 e. The summed E-state index contributed by atoms with van der Waals surface area (Å²) in [7, 11) is -8.32. The standard InChI is InChI=1S/C24H41NO6S2/c1-22(26)25-20-16-12-10-8-6-4-2-3-5-7-9-11-13-17-21-32(27,28)23-18-14-15-19-24(23)33(29,30)31/h14-15,18-19H,2-13,16-17,20-21H2,1H3,(H,25,26)(H,29,30,31). The molecular formula is C24H41NO6S2. The van der Waals surface area contributed by atoms with Crippen LogP contribution in [0.5, 0.6) is 0 Å². The number of sulfone groups is 1. The van der Waals surface area contributed by atoms with Crippen molar-refractivity contribution >= 4 is 25.9 Å². The third kappa shape index (κ3) is 13.8. The fraction of sp³-hybridized carbons (Fsp3) is 0.708. The van der Waals surface area contributed by atoms with Crippen LogP contribution < -0.4 is 5.32 Å². The van der Waals surface area contributed by atoms with E-state index in [0.717, 1.165) is 44.7 Å². The van der Waals surface area contributed by atoms with Crippen LogP contribution in [0.3, 0.4) is 0 Å². The first kappa shape index (κ1) is 29.6. The highest BCUT2D eigenvalue weighted by Crippen LogP contribution is 2.23. The van der Waals surface area contributed by atoms with Gasteiger partial charge in [0.2, 0.25) is 5.91 Å². The van der Waals surface area contributed by atoms with Gasteiger partial charge in [-0.2, -0.15) is 8.42 Å². The molecule has 0 radical (unpaired) electrons. The van der Waals surface area contributed by atoms with Crippen molar-refractivity contribution in [3.63, 3.8) is 0 Å². The van der Waals surface area contributed by atoms with Crippen LogP contribution in [-0.2, 0) is 24.7 Å². The fourth-order valence-electron chi connectivity index (χ4n) is 3.83. The minimum absolute atomic E-state index is 0.0443. The van der Waals surface area contributed by atoms with E-state index in [2.05, 4.69) is 5.32 Å². The average Bonchev–Trinajstić information content (AvgIpc) is 2.75. The van der Waals surface area contributed by atoms with E-state index >= 15 is 0 Å². The summed E-state index contributed by atoms with van der Waals surface area (Å²) in [6, 6.07) is 5.18. The highest BCUT2D eigenvalue weighted by atomic mass is 32.2. The Morgan fingerprint density at radius 1 is 0.697 bits per heavy atom. The lowest BCUT2D eigenvalue weighted by atomic mass is 10.0. The van der Waals surface area contributed by atoms with Crippen LogP contribution in [0.1, 0.15) is 96.8 Å². The van der Waals surface area contributed by atoms with Gasteiger partial charge in [0, 0.05) is 13.5 Å². The lowest BCUT2D eigenvalue weighted by molar-refractivity contribution is -0.118. The molecule has 0 fully saturated rings. The molecule has 33 heavy (non-hydrogen) atoms. The summed E-state index contributed by atoms with van der Waals surface area (Å²) in [5.74, 6) is -0.0740. The topological polar surface area (TPSA) is 118 Å². The summed E-state index contributed by atoms with van der Waals surface area (Å²) in [6.45, 7) is 2.33. The Kier molecular flexibility index (Phi) is 14.5. The van der Waals surface area contributed by atoms with Gasteiger partial charge in [-0.05, 0) is 25.0 Å². The van der Waals surface area contributed by atoms with Crippen molar-refractivity contribution in [2.24, 2.45) is 0 Å². The van der Waals surface area contributed by atoms with E-state index in [1.807, 2.05) is 0 Å². The number of hydrogen-bond donors (Lipinski definition) is 2. The fourth-order valence-corrected chi connectivity index (χ4v) is 6.57. The first-order valence-electron chi connectivity index (χ1n) is 12.2. The molecule has 190 valence electrons. The minimum Gasteiger partial charge on any atom is -0.356 e. The number of carbonyl (C=O) groups excluding carboxylic acids is 1. The van der Waals surface area contributed by atoms with Crippen LogP contribution >= 0.6 is 0 Å². The van der Waals surface area contributed by atoms with Crippen LogP contribution in [-0.4, -0.2) is 39.6 Å². The lowest BCUT2D eigenvalue weighted by Crippen LogP contribution is -2.20. The summed E-state index contributed by atoms with van der Waals surface area (Å²) in [4.78, 5) is 9.89. The number of nitrogens with one attached hydrogen (secondary N) is 1. The Bertz CT molecular complexity index is 897. The molecule has 1 aromatic carbocycles. The molecule has 0 aromatic heterocycles. The molecule has 9 heteroatoms. The summed E-state index contributed by atoms with van der Waals surface area (Å²) in [6.07, 6.45) is 15.4. The van der Waals surface area contributed by atoms with Crippen molar-refractivity contribution in [1.29, 1.82) is 0 Å². The number of benzene rings is 1. The molecule has 0 heterocycles. The zero-order valence-corrected chi connectivity index (χ0v) is 21.6. The molecule has 0 atom stereocenters. The van der Waals surface area contributed by atoms with Crippen molar-refractivity contribution in [3.8, 4) is 0 Å². The van der Waals surface area contributed by atoms with E-state index in [4.69, 9.17) is 0 Å². The smallest absolute Gasteiger partial charge is 0.295 e. The second-order valence-corrected chi connectivity index (χ2v) is 12.1. The molecule has 2 N–H and O–H groups in total. The number of hydrogen-bond acceptors (Lipinski definition) is 5. The highest BCUT2D eigenvalue weighted by Gasteiger charge is 2.24. The van der Waals surface area contributed by atoms with Crippen LogP contribution in [0, 0.1) is 0 Å². The van der Waals surface area contributed by atoms with E-state index in [0.29, 0.717) is 6.42 Å². The van der Waals surface area contributed by atoms with Crippen molar-refractivity contribution in [3.05, 3.63) is 24.3 Å². The molecule has 0 aliphatic rings. The van der Waals surface area contributed by atoms with Gasteiger partial charge in [0.1, 0.15) is 4.90 Å². The molecule has 0 bridgehead atoms. The first-order chi connectivity index (χ1) is 15.6. The first-order valence-corrected chi connectivity index (χ1v) is 15.3. The molecule has 0 saturated carbocycles. The Labute approximate surface area is 200 Å². The Morgan fingerprint density at radius 3 is 1.52 bits per heavy atom. The van der Waals surface area contributed by atoms with Gasteiger partial charge in [0.05, 0.1) is 10.6 Å². The van der Waals surface area contributed by atoms with Gasteiger partial charge in [0.15, 0.2) is 9.84 Å². The summed E-state index contributed by atoms with van der Waals surface area (Å²) >= 11 is 0. The largest absolute Gasteiger partial charge is 0.356 e. The molecule has 0 aliphatic carbocycles. The van der Waals surface area contributed by atoms with Gasteiger partial charge in [-0.25, -0.2) is 8.42 Å². The monoisotopic (exact) mass is 503 g/mol. The third-order valence-corrected chi connectivity index (χ3v) is 8.57. The molecule has 0 saturated heterocycles. The van der Waals surface area contributed by atoms with E-state index < -0.39 is 24.9 Å². The van der Waals surface area contributed by atoms with Crippen molar-refractivity contribution in [2.45, 2.75) is 107 Å². The molecular weight excluding hydrogens is 462 g/mol. The Balaban J connectivity index is 2.02. The predicted molar refractivity (Wildman–Crippen MR) is 132 cm³/mol. The molecule has 0 unspecified atom stereocenters. The van der Waals surface area contributed by atoms with Crippen LogP contribution in [0.2, 0.25) is 0 Å². The predicted octanol–water partition coefficient (Wildman–Crippen LogP) is 5.30. The molecule has 7 nitrogen and oxygen atoms in total. The van der Waals surface area contributed by atoms with Gasteiger partial charge in [0.25, 0.3) is 10.1 Å². The zero-order valence-electron chi connectivity index (χ0n) is 19.9.